The summed E-state index contributed by atoms with van der Waals surface area (Å²) < 4.78 is 8.20. The van der Waals surface area contributed by atoms with Gasteiger partial charge in [-0.2, -0.15) is 9.97 Å². The minimum atomic E-state index is -1.17. The fraction of sp³-hybridized carbons (Fsp3) is 0.429. The van der Waals surface area contributed by atoms with Crippen molar-refractivity contribution in [1.82, 2.24) is 24.8 Å². The molecule has 0 spiro atoms. The van der Waals surface area contributed by atoms with Gasteiger partial charge in [0.05, 0.1) is 31.0 Å². The van der Waals surface area contributed by atoms with Crippen LogP contribution >= 0.6 is 34.2 Å². The molecule has 5 atom stereocenters. The number of nitrogens with zero attached hydrogens (tertiary/aromatic N) is 4. The molecular weight excluding hydrogens is 563 g/mol. The molecule has 0 unspecified atom stereocenters. The van der Waals surface area contributed by atoms with E-state index < -0.39 is 23.7 Å². The standard InChI is InChI=1S/C21H22ClIN6O4/c1-24-19(32)21-6-11(21)14(15(30)16(21)31)29-8-26-13-17(27-20(22)28-18(13)29)25-7-9-5-10(23)3-4-12(9)33-2/h3-5,8,11,14-16,30-31H,6-7H2,1-2H3,(H,24,32)(H,25,27,28)/t11-,14+,15-,16-,21+/m0/s1. The molecule has 3 aromatic rings. The number of ether oxygens (including phenoxy) is 1. The molecule has 1 aromatic carbocycles. The highest BCUT2D eigenvalue weighted by molar-refractivity contribution is 14.1. The number of methoxy groups -OCH3 is 1. The summed E-state index contributed by atoms with van der Waals surface area (Å²) in [6, 6.07) is 5.31. The van der Waals surface area contributed by atoms with Crippen LogP contribution in [0.15, 0.2) is 24.5 Å². The number of imidazole rings is 1. The number of amides is 1. The molecule has 33 heavy (non-hydrogen) atoms. The third-order valence-electron chi connectivity index (χ3n) is 6.73. The smallest absolute Gasteiger partial charge is 0.229 e. The van der Waals surface area contributed by atoms with Crippen LogP contribution in [-0.4, -0.2) is 62.0 Å². The van der Waals surface area contributed by atoms with Crippen LogP contribution in [0.5, 0.6) is 5.75 Å². The number of hydrogen-bond donors (Lipinski definition) is 4. The van der Waals surface area contributed by atoms with Gasteiger partial charge in [0.15, 0.2) is 17.0 Å². The van der Waals surface area contributed by atoms with E-state index in [4.69, 9.17) is 16.3 Å². The van der Waals surface area contributed by atoms with Crippen molar-refractivity contribution in [2.75, 3.05) is 19.5 Å². The van der Waals surface area contributed by atoms with E-state index in [-0.39, 0.29) is 17.1 Å². The molecule has 12 heteroatoms. The Morgan fingerprint density at radius 1 is 1.39 bits per heavy atom. The van der Waals surface area contributed by atoms with E-state index in [1.807, 2.05) is 18.2 Å². The molecule has 0 radical (unpaired) electrons. The SMILES string of the molecule is CNC(=O)[C@]12C[C@H]1[C@@H](n1cnc3c(NCc4cc(I)ccc4OC)nc(Cl)nc31)[C@H](O)[C@@H]2O. The number of carbonyl (C=O) groups is 1. The number of nitrogens with one attached hydrogen (secondary N) is 2. The average molecular weight is 585 g/mol. The van der Waals surface area contributed by atoms with Crippen molar-refractivity contribution in [1.29, 1.82) is 0 Å². The Kier molecular flexibility index (Phi) is 5.62. The second-order valence-corrected chi connectivity index (χ2v) is 9.91. The molecule has 0 saturated heterocycles. The van der Waals surface area contributed by atoms with Gasteiger partial charge >= 0.3 is 0 Å². The van der Waals surface area contributed by atoms with Crippen molar-refractivity contribution < 1.29 is 19.7 Å². The van der Waals surface area contributed by atoms with E-state index in [0.29, 0.717) is 29.9 Å². The quantitative estimate of drug-likeness (QED) is 0.254. The Bertz CT molecular complexity index is 1250. The molecule has 2 aliphatic rings. The summed E-state index contributed by atoms with van der Waals surface area (Å²) in [5, 5.41) is 27.3. The van der Waals surface area contributed by atoms with E-state index in [9.17, 15) is 15.0 Å². The number of carbonyl (C=O) groups excluding carboxylic acids is 1. The first kappa shape index (κ1) is 22.6. The maximum Gasteiger partial charge on any atom is 0.229 e. The van der Waals surface area contributed by atoms with Crippen molar-refractivity contribution >= 4 is 57.1 Å². The van der Waals surface area contributed by atoms with Crippen LogP contribution in [0.25, 0.3) is 11.2 Å². The maximum atomic E-state index is 12.4. The molecule has 5 rings (SSSR count). The first-order valence-electron chi connectivity index (χ1n) is 10.4. The van der Waals surface area contributed by atoms with Crippen LogP contribution in [0, 0.1) is 14.9 Å². The number of rotatable bonds is 6. The lowest BCUT2D eigenvalue weighted by molar-refractivity contribution is -0.132. The predicted molar refractivity (Wildman–Crippen MR) is 129 cm³/mol. The summed E-state index contributed by atoms with van der Waals surface area (Å²) in [6.45, 7) is 0.419. The summed E-state index contributed by atoms with van der Waals surface area (Å²) in [5.41, 5.74) is 0.843. The number of aromatic nitrogens is 4. The Hall–Kier alpha value is -2.22. The lowest BCUT2D eigenvalue weighted by Gasteiger charge is -2.23. The number of benzene rings is 1. The molecule has 2 saturated carbocycles. The van der Waals surface area contributed by atoms with Gasteiger partial charge in [-0.1, -0.05) is 0 Å². The second-order valence-electron chi connectivity index (χ2n) is 8.33. The fourth-order valence-electron chi connectivity index (χ4n) is 5.08. The normalized spacial score (nSPS) is 27.9. The third-order valence-corrected chi connectivity index (χ3v) is 7.57. The molecule has 2 heterocycles. The fourth-order valence-corrected chi connectivity index (χ4v) is 5.80. The third kappa shape index (κ3) is 3.44. The van der Waals surface area contributed by atoms with Crippen molar-refractivity contribution in [3.63, 3.8) is 0 Å². The van der Waals surface area contributed by atoms with Crippen molar-refractivity contribution in [2.24, 2.45) is 11.3 Å². The molecule has 2 fully saturated rings. The molecular formula is C21H22ClIN6O4. The molecule has 4 N–H and O–H groups in total. The molecule has 10 nitrogen and oxygen atoms in total. The van der Waals surface area contributed by atoms with Gasteiger partial charge in [0.25, 0.3) is 0 Å². The van der Waals surface area contributed by atoms with E-state index in [0.717, 1.165) is 14.9 Å². The first-order chi connectivity index (χ1) is 15.8. The van der Waals surface area contributed by atoms with Gasteiger partial charge in [-0.05, 0) is 58.8 Å². The number of fused-ring (bicyclic) bond motifs is 2. The molecule has 174 valence electrons. The summed E-state index contributed by atoms with van der Waals surface area (Å²) in [6.07, 6.45) is -0.288. The lowest BCUT2D eigenvalue weighted by atomic mass is 9.98. The molecule has 0 aliphatic heterocycles. The Labute approximate surface area is 207 Å². The van der Waals surface area contributed by atoms with E-state index >= 15 is 0 Å². The minimum Gasteiger partial charge on any atom is -0.496 e. The van der Waals surface area contributed by atoms with Crippen LogP contribution in [-0.2, 0) is 11.3 Å². The van der Waals surface area contributed by atoms with Gasteiger partial charge in [0, 0.05) is 28.6 Å². The monoisotopic (exact) mass is 584 g/mol. The van der Waals surface area contributed by atoms with E-state index in [1.54, 1.807) is 18.0 Å². The van der Waals surface area contributed by atoms with Gasteiger partial charge in [0.2, 0.25) is 11.2 Å². The summed E-state index contributed by atoms with van der Waals surface area (Å²) in [7, 11) is 3.14. The largest absolute Gasteiger partial charge is 0.496 e. The number of aliphatic hydroxyl groups is 2. The number of anilines is 1. The van der Waals surface area contributed by atoms with Crippen LogP contribution in [0.2, 0.25) is 5.28 Å². The predicted octanol–water partition coefficient (Wildman–Crippen LogP) is 1.73. The lowest BCUT2D eigenvalue weighted by Crippen LogP contribution is -2.41. The summed E-state index contributed by atoms with van der Waals surface area (Å²) in [4.78, 5) is 25.6. The molecule has 0 bridgehead atoms. The Balaban J connectivity index is 1.49. The number of hydrogen-bond acceptors (Lipinski definition) is 8. The Morgan fingerprint density at radius 3 is 2.91 bits per heavy atom. The summed E-state index contributed by atoms with van der Waals surface area (Å²) >= 11 is 8.47. The van der Waals surface area contributed by atoms with Gasteiger partial charge in [-0.15, -0.1) is 0 Å². The highest BCUT2D eigenvalue weighted by Gasteiger charge is 2.75. The van der Waals surface area contributed by atoms with E-state index in [2.05, 4.69) is 48.2 Å². The van der Waals surface area contributed by atoms with Gasteiger partial charge in [-0.3, -0.25) is 4.79 Å². The van der Waals surface area contributed by atoms with Crippen molar-refractivity contribution in [2.45, 2.75) is 31.2 Å². The molecule has 2 aliphatic carbocycles. The van der Waals surface area contributed by atoms with Crippen molar-refractivity contribution in [3.8, 4) is 5.75 Å². The number of aliphatic hydroxyl groups excluding tert-OH is 2. The van der Waals surface area contributed by atoms with Crippen LogP contribution in [0.1, 0.15) is 18.0 Å². The highest BCUT2D eigenvalue weighted by Crippen LogP contribution is 2.67. The Morgan fingerprint density at radius 2 is 2.18 bits per heavy atom. The molecule has 2 aromatic heterocycles. The first-order valence-corrected chi connectivity index (χ1v) is 11.8. The maximum absolute atomic E-state index is 12.4. The van der Waals surface area contributed by atoms with E-state index in [1.165, 1.54) is 7.05 Å². The van der Waals surface area contributed by atoms with Crippen molar-refractivity contribution in [3.05, 3.63) is 38.9 Å². The zero-order valence-corrected chi connectivity index (χ0v) is 20.7. The van der Waals surface area contributed by atoms with Gasteiger partial charge in [0.1, 0.15) is 11.9 Å². The second kappa shape index (κ2) is 8.22. The van der Waals surface area contributed by atoms with Gasteiger partial charge in [-0.25, -0.2) is 4.98 Å². The minimum absolute atomic E-state index is 0.0164. The zero-order valence-electron chi connectivity index (χ0n) is 17.8. The zero-order chi connectivity index (χ0) is 23.5. The highest BCUT2D eigenvalue weighted by atomic mass is 127. The van der Waals surface area contributed by atoms with Crippen LogP contribution < -0.4 is 15.4 Å². The topological polar surface area (TPSA) is 134 Å². The average Bonchev–Trinajstić information content (AvgIpc) is 3.34. The summed E-state index contributed by atoms with van der Waals surface area (Å²) in [5.74, 6) is 0.673. The van der Waals surface area contributed by atoms with Gasteiger partial charge < -0.3 is 30.2 Å². The van der Waals surface area contributed by atoms with Crippen LogP contribution in [0.3, 0.4) is 0 Å². The molecule has 1 amide bonds. The number of halogens is 2. The van der Waals surface area contributed by atoms with Crippen LogP contribution in [0.4, 0.5) is 5.82 Å².